The average Bonchev–Trinajstić information content (AvgIpc) is 2.86. The number of nitriles is 1. The molecular weight excluding hydrogens is 543 g/mol. The molecule has 0 aliphatic rings. The number of carbonyl (C=O) groups excluding carboxylic acids is 1. The van der Waals surface area contributed by atoms with Crippen molar-refractivity contribution in [2.75, 3.05) is 13.7 Å². The first kappa shape index (κ1) is 25.1. The van der Waals surface area contributed by atoms with Crippen LogP contribution < -0.4 is 19.5 Å². The molecule has 0 unspecified atom stereocenters. The summed E-state index contributed by atoms with van der Waals surface area (Å²) in [5.74, 6) is 1.48. The van der Waals surface area contributed by atoms with Crippen LogP contribution in [0, 0.1) is 14.9 Å². The van der Waals surface area contributed by atoms with Gasteiger partial charge in [0.05, 0.1) is 17.3 Å². The second-order valence-corrected chi connectivity index (χ2v) is 8.40. The lowest BCUT2D eigenvalue weighted by atomic mass is 10.1. The van der Waals surface area contributed by atoms with Crippen LogP contribution in [0.1, 0.15) is 23.6 Å². The summed E-state index contributed by atoms with van der Waals surface area (Å²) < 4.78 is 17.8. The molecule has 0 spiro atoms. The number of amides is 1. The van der Waals surface area contributed by atoms with Crippen molar-refractivity contribution in [2.24, 2.45) is 0 Å². The Morgan fingerprint density at radius 1 is 1.06 bits per heavy atom. The number of nitrogens with zero attached hydrogens (tertiary/aromatic N) is 1. The van der Waals surface area contributed by atoms with Gasteiger partial charge in [0.15, 0.2) is 11.5 Å². The Kier molecular flexibility index (Phi) is 9.35. The van der Waals surface area contributed by atoms with Gasteiger partial charge in [0, 0.05) is 6.54 Å². The predicted octanol–water partition coefficient (Wildman–Crippen LogP) is 5.50. The van der Waals surface area contributed by atoms with Gasteiger partial charge in [-0.2, -0.15) is 5.26 Å². The van der Waals surface area contributed by atoms with E-state index in [4.69, 9.17) is 14.2 Å². The lowest BCUT2D eigenvalue weighted by molar-refractivity contribution is -0.117. The molecule has 3 aromatic carbocycles. The van der Waals surface area contributed by atoms with Crippen LogP contribution >= 0.6 is 22.6 Å². The highest BCUT2D eigenvalue weighted by Crippen LogP contribution is 2.35. The second-order valence-electron chi connectivity index (χ2n) is 7.24. The fourth-order valence-corrected chi connectivity index (χ4v) is 3.92. The third-order valence-corrected chi connectivity index (χ3v) is 5.65. The maximum Gasteiger partial charge on any atom is 0.262 e. The van der Waals surface area contributed by atoms with Crippen LogP contribution in [0.4, 0.5) is 0 Å². The van der Waals surface area contributed by atoms with E-state index < -0.39 is 5.91 Å². The molecule has 0 heterocycles. The normalized spacial score (nSPS) is 10.8. The molecule has 0 atom stereocenters. The zero-order valence-electron chi connectivity index (χ0n) is 19.0. The fourth-order valence-electron chi connectivity index (χ4n) is 3.14. The van der Waals surface area contributed by atoms with Gasteiger partial charge < -0.3 is 19.5 Å². The Morgan fingerprint density at radius 3 is 2.44 bits per heavy atom. The van der Waals surface area contributed by atoms with Gasteiger partial charge in [-0.05, 0) is 76.5 Å². The van der Waals surface area contributed by atoms with Crippen LogP contribution in [0.2, 0.25) is 0 Å². The monoisotopic (exact) mass is 568 g/mol. The van der Waals surface area contributed by atoms with Crippen LogP contribution in [0.5, 0.6) is 17.2 Å². The van der Waals surface area contributed by atoms with Gasteiger partial charge in [-0.1, -0.05) is 42.5 Å². The van der Waals surface area contributed by atoms with Crippen LogP contribution in [0.15, 0.2) is 72.3 Å². The maximum atomic E-state index is 12.6. The van der Waals surface area contributed by atoms with Crippen molar-refractivity contribution in [1.29, 1.82) is 5.26 Å². The van der Waals surface area contributed by atoms with Crippen molar-refractivity contribution in [2.45, 2.75) is 20.1 Å². The third kappa shape index (κ3) is 6.99. The largest absolute Gasteiger partial charge is 0.497 e. The first-order chi connectivity index (χ1) is 16.5. The van der Waals surface area contributed by atoms with E-state index in [9.17, 15) is 10.1 Å². The molecule has 0 aliphatic heterocycles. The van der Waals surface area contributed by atoms with Crippen molar-refractivity contribution in [3.63, 3.8) is 0 Å². The van der Waals surface area contributed by atoms with Gasteiger partial charge in [-0.3, -0.25) is 4.79 Å². The van der Waals surface area contributed by atoms with Crippen LogP contribution in [0.3, 0.4) is 0 Å². The molecule has 6 nitrogen and oxygen atoms in total. The van der Waals surface area contributed by atoms with Gasteiger partial charge in [-0.15, -0.1) is 0 Å². The quantitative estimate of drug-likeness (QED) is 0.199. The smallest absolute Gasteiger partial charge is 0.262 e. The molecule has 1 N–H and O–H groups in total. The molecule has 0 aromatic heterocycles. The first-order valence-corrected chi connectivity index (χ1v) is 11.8. The van der Waals surface area contributed by atoms with Gasteiger partial charge in [0.1, 0.15) is 24.0 Å². The van der Waals surface area contributed by atoms with E-state index in [1.54, 1.807) is 19.3 Å². The standard InChI is InChI=1S/C27H25IN2O4/c1-3-33-25-15-21(14-24(28)26(25)34-18-20-7-5-4-6-8-20)13-22(16-29)27(31)30-17-19-9-11-23(32-2)12-10-19/h4-15H,3,17-18H2,1-2H3,(H,30,31)/b22-13-. The highest BCUT2D eigenvalue weighted by Gasteiger charge is 2.14. The Balaban J connectivity index is 1.75. The van der Waals surface area contributed by atoms with Crippen LogP contribution in [0.25, 0.3) is 6.08 Å². The summed E-state index contributed by atoms with van der Waals surface area (Å²) in [7, 11) is 1.60. The number of halogens is 1. The number of carbonyl (C=O) groups is 1. The zero-order valence-corrected chi connectivity index (χ0v) is 21.2. The van der Waals surface area contributed by atoms with Crippen molar-refractivity contribution in [3.05, 3.63) is 92.6 Å². The first-order valence-electron chi connectivity index (χ1n) is 10.7. The van der Waals surface area contributed by atoms with Crippen molar-refractivity contribution in [1.82, 2.24) is 5.32 Å². The van der Waals surface area contributed by atoms with E-state index in [-0.39, 0.29) is 5.57 Å². The molecule has 7 heteroatoms. The van der Waals surface area contributed by atoms with E-state index in [1.807, 2.05) is 73.7 Å². The fraction of sp³-hybridized carbons (Fsp3) is 0.185. The topological polar surface area (TPSA) is 80.6 Å². The summed E-state index contributed by atoms with van der Waals surface area (Å²) in [4.78, 5) is 12.6. The molecule has 0 radical (unpaired) electrons. The molecule has 174 valence electrons. The molecule has 1 amide bonds. The summed E-state index contributed by atoms with van der Waals surface area (Å²) in [6, 6.07) is 22.9. The minimum absolute atomic E-state index is 0.00436. The molecular formula is C27H25IN2O4. The Morgan fingerprint density at radius 2 is 1.79 bits per heavy atom. The van der Waals surface area contributed by atoms with Crippen molar-refractivity contribution >= 4 is 34.6 Å². The number of methoxy groups -OCH3 is 1. The van der Waals surface area contributed by atoms with E-state index >= 15 is 0 Å². The summed E-state index contributed by atoms with van der Waals surface area (Å²) in [5.41, 5.74) is 2.63. The summed E-state index contributed by atoms with van der Waals surface area (Å²) in [6.07, 6.45) is 1.55. The minimum atomic E-state index is -0.448. The Labute approximate surface area is 213 Å². The molecule has 3 aromatic rings. The number of benzene rings is 3. The summed E-state index contributed by atoms with van der Waals surface area (Å²) in [6.45, 7) is 3.06. The van der Waals surface area contributed by atoms with E-state index in [0.29, 0.717) is 36.8 Å². The van der Waals surface area contributed by atoms with Crippen LogP contribution in [-0.4, -0.2) is 19.6 Å². The number of hydrogen-bond acceptors (Lipinski definition) is 5. The lowest BCUT2D eigenvalue weighted by Crippen LogP contribution is -2.23. The van der Waals surface area contributed by atoms with Crippen molar-refractivity contribution < 1.29 is 19.0 Å². The average molecular weight is 568 g/mol. The van der Waals surface area contributed by atoms with Gasteiger partial charge in [0.2, 0.25) is 0 Å². The summed E-state index contributed by atoms with van der Waals surface area (Å²) in [5, 5.41) is 12.4. The highest BCUT2D eigenvalue weighted by molar-refractivity contribution is 14.1. The highest BCUT2D eigenvalue weighted by atomic mass is 127. The second kappa shape index (κ2) is 12.7. The minimum Gasteiger partial charge on any atom is -0.497 e. The number of ether oxygens (including phenoxy) is 3. The van der Waals surface area contributed by atoms with E-state index in [2.05, 4.69) is 27.9 Å². The molecule has 34 heavy (non-hydrogen) atoms. The number of rotatable bonds is 10. The number of hydrogen-bond donors (Lipinski definition) is 1. The molecule has 3 rings (SSSR count). The van der Waals surface area contributed by atoms with Crippen LogP contribution in [-0.2, 0) is 17.9 Å². The van der Waals surface area contributed by atoms with Gasteiger partial charge >= 0.3 is 0 Å². The molecule has 0 saturated carbocycles. The Bertz CT molecular complexity index is 1190. The molecule has 0 saturated heterocycles. The van der Waals surface area contributed by atoms with Gasteiger partial charge in [0.25, 0.3) is 5.91 Å². The van der Waals surface area contributed by atoms with Crippen molar-refractivity contribution in [3.8, 4) is 23.3 Å². The number of nitrogens with one attached hydrogen (secondary N) is 1. The maximum absolute atomic E-state index is 12.6. The van der Waals surface area contributed by atoms with Gasteiger partial charge in [-0.25, -0.2) is 0 Å². The zero-order chi connectivity index (χ0) is 24.3. The molecule has 0 bridgehead atoms. The van der Waals surface area contributed by atoms with E-state index in [1.165, 1.54) is 0 Å². The molecule has 0 aliphatic carbocycles. The third-order valence-electron chi connectivity index (χ3n) is 4.85. The predicted molar refractivity (Wildman–Crippen MR) is 140 cm³/mol. The lowest BCUT2D eigenvalue weighted by Gasteiger charge is -2.15. The molecule has 0 fully saturated rings. The SMILES string of the molecule is CCOc1cc(/C=C(/C#N)C(=O)NCc2ccc(OC)cc2)cc(I)c1OCc1ccccc1. The van der Waals surface area contributed by atoms with E-state index in [0.717, 1.165) is 20.4 Å². The summed E-state index contributed by atoms with van der Waals surface area (Å²) >= 11 is 2.17. The Hall–Kier alpha value is -3.51.